The maximum atomic E-state index is 14.1. The Morgan fingerprint density at radius 1 is 1.22 bits per heavy atom. The van der Waals surface area contributed by atoms with Crippen molar-refractivity contribution < 1.29 is 18.5 Å². The summed E-state index contributed by atoms with van der Waals surface area (Å²) in [7, 11) is 0. The first kappa shape index (κ1) is 19.4. The number of piperazine rings is 1. The van der Waals surface area contributed by atoms with Crippen LogP contribution in [0.4, 0.5) is 10.1 Å². The zero-order valence-electron chi connectivity index (χ0n) is 16.3. The Hall–Kier alpha value is -2.34. The normalized spacial score (nSPS) is 17.0. The van der Waals surface area contributed by atoms with Crippen LogP contribution in [-0.4, -0.2) is 38.6 Å². The smallest absolute Gasteiger partial charge is 0.225 e. The van der Waals surface area contributed by atoms with E-state index in [1.807, 2.05) is 45.0 Å². The highest BCUT2D eigenvalue weighted by molar-refractivity contribution is 5.81. The number of halogens is 1. The molecule has 1 aliphatic rings. The quantitative estimate of drug-likeness (QED) is 0.842. The molecule has 2 N–H and O–H groups in total. The number of hydrogen-bond donors (Lipinski definition) is 2. The molecule has 1 fully saturated rings. The van der Waals surface area contributed by atoms with Crippen molar-refractivity contribution in [3.63, 3.8) is 0 Å². The van der Waals surface area contributed by atoms with Crippen LogP contribution in [0.25, 0.3) is 0 Å². The molecule has 2 heterocycles. The molecular formula is C21H29FN3O2+. The summed E-state index contributed by atoms with van der Waals surface area (Å²) in [5.41, 5.74) is 0.235. The maximum Gasteiger partial charge on any atom is 0.225 e. The molecule has 0 unspecified atom stereocenters. The number of benzene rings is 1. The predicted molar refractivity (Wildman–Crippen MR) is 103 cm³/mol. The first-order valence-corrected chi connectivity index (χ1v) is 9.52. The second-order valence-electron chi connectivity index (χ2n) is 8.12. The Balaban J connectivity index is 1.66. The van der Waals surface area contributed by atoms with Crippen LogP contribution in [0.2, 0.25) is 0 Å². The van der Waals surface area contributed by atoms with Crippen molar-refractivity contribution in [2.45, 2.75) is 26.8 Å². The minimum atomic E-state index is -0.424. The van der Waals surface area contributed by atoms with Gasteiger partial charge in [-0.2, -0.15) is 0 Å². The van der Waals surface area contributed by atoms with Crippen LogP contribution in [0.3, 0.4) is 0 Å². The lowest BCUT2D eigenvalue weighted by molar-refractivity contribution is -0.932. The minimum absolute atomic E-state index is 0.0310. The van der Waals surface area contributed by atoms with Crippen molar-refractivity contribution in [1.29, 1.82) is 0 Å². The highest BCUT2D eigenvalue weighted by atomic mass is 19.1. The summed E-state index contributed by atoms with van der Waals surface area (Å²) in [6.07, 6.45) is 1.67. The number of nitrogens with one attached hydrogen (secondary N) is 2. The van der Waals surface area contributed by atoms with E-state index in [2.05, 4.69) is 10.2 Å². The SMILES string of the molecule is CC(C)(C)C(=O)NC[C@@H](c1ccco1)[NH+]1CCN(c2ccccc2F)CC1. The fourth-order valence-electron chi connectivity index (χ4n) is 3.49. The molecule has 1 amide bonds. The summed E-state index contributed by atoms with van der Waals surface area (Å²) in [5.74, 6) is 0.725. The monoisotopic (exact) mass is 374 g/mol. The largest absolute Gasteiger partial charge is 0.463 e. The number of furan rings is 1. The highest BCUT2D eigenvalue weighted by Crippen LogP contribution is 2.19. The van der Waals surface area contributed by atoms with Gasteiger partial charge in [-0.1, -0.05) is 32.9 Å². The van der Waals surface area contributed by atoms with Crippen molar-refractivity contribution in [1.82, 2.24) is 5.32 Å². The van der Waals surface area contributed by atoms with Gasteiger partial charge in [0.15, 0.2) is 11.8 Å². The standard InChI is InChI=1S/C21H28FN3O2/c1-21(2,3)20(26)23-15-18(19-9-6-14-27-19)25-12-10-24(11-13-25)17-8-5-4-7-16(17)22/h4-9,14,18H,10-13,15H2,1-3H3,(H,23,26)/p+1/t18-/m0/s1. The molecule has 0 radical (unpaired) electrons. The molecule has 1 aromatic carbocycles. The lowest BCUT2D eigenvalue weighted by atomic mass is 9.95. The molecule has 3 rings (SSSR count). The zero-order valence-corrected chi connectivity index (χ0v) is 16.3. The number of para-hydroxylation sites is 1. The topological polar surface area (TPSA) is 49.9 Å². The summed E-state index contributed by atoms with van der Waals surface area (Å²) < 4.78 is 19.7. The Kier molecular flexibility index (Phi) is 5.85. The third-order valence-electron chi connectivity index (χ3n) is 5.13. The number of nitrogens with zero attached hydrogens (tertiary/aromatic N) is 1. The average Bonchev–Trinajstić information content (AvgIpc) is 3.16. The molecule has 1 atom stereocenters. The van der Waals surface area contributed by atoms with E-state index < -0.39 is 5.41 Å². The number of quaternary nitrogens is 1. The van der Waals surface area contributed by atoms with Gasteiger partial charge in [0, 0.05) is 5.41 Å². The maximum absolute atomic E-state index is 14.1. The van der Waals surface area contributed by atoms with Crippen LogP contribution in [0.15, 0.2) is 47.1 Å². The lowest BCUT2D eigenvalue weighted by Gasteiger charge is -2.37. The third-order valence-corrected chi connectivity index (χ3v) is 5.13. The number of carbonyl (C=O) groups is 1. The fourth-order valence-corrected chi connectivity index (χ4v) is 3.49. The number of anilines is 1. The van der Waals surface area contributed by atoms with Gasteiger partial charge >= 0.3 is 0 Å². The summed E-state index contributed by atoms with van der Waals surface area (Å²) in [5, 5.41) is 3.07. The summed E-state index contributed by atoms with van der Waals surface area (Å²) in [4.78, 5) is 15.7. The van der Waals surface area contributed by atoms with Gasteiger partial charge in [0.05, 0.1) is 44.7 Å². The third kappa shape index (κ3) is 4.69. The number of rotatable bonds is 5. The van der Waals surface area contributed by atoms with Crippen molar-refractivity contribution in [2.75, 3.05) is 37.6 Å². The van der Waals surface area contributed by atoms with Crippen LogP contribution in [0, 0.1) is 11.2 Å². The van der Waals surface area contributed by atoms with Crippen LogP contribution in [-0.2, 0) is 4.79 Å². The Bertz CT molecular complexity index is 747. The van der Waals surface area contributed by atoms with Gasteiger partial charge in [0.2, 0.25) is 5.91 Å². The molecule has 27 heavy (non-hydrogen) atoms. The number of amides is 1. The molecule has 2 aromatic rings. The van der Waals surface area contributed by atoms with Gasteiger partial charge in [-0.05, 0) is 24.3 Å². The van der Waals surface area contributed by atoms with E-state index in [0.29, 0.717) is 12.2 Å². The van der Waals surface area contributed by atoms with E-state index in [1.165, 1.54) is 11.0 Å². The van der Waals surface area contributed by atoms with Crippen molar-refractivity contribution in [3.8, 4) is 0 Å². The van der Waals surface area contributed by atoms with E-state index >= 15 is 0 Å². The molecule has 1 aromatic heterocycles. The van der Waals surface area contributed by atoms with Crippen molar-refractivity contribution in [3.05, 3.63) is 54.2 Å². The van der Waals surface area contributed by atoms with Gasteiger partial charge in [-0.15, -0.1) is 0 Å². The van der Waals surface area contributed by atoms with Gasteiger partial charge in [0.1, 0.15) is 5.82 Å². The van der Waals surface area contributed by atoms with E-state index in [1.54, 1.807) is 12.3 Å². The Morgan fingerprint density at radius 3 is 2.52 bits per heavy atom. The minimum Gasteiger partial charge on any atom is -0.463 e. The summed E-state index contributed by atoms with van der Waals surface area (Å²) in [6, 6.07) is 10.8. The molecule has 6 heteroatoms. The second-order valence-corrected chi connectivity index (χ2v) is 8.12. The van der Waals surface area contributed by atoms with Crippen LogP contribution in [0.5, 0.6) is 0 Å². The number of carbonyl (C=O) groups excluding carboxylic acids is 1. The molecule has 0 bridgehead atoms. The second kappa shape index (κ2) is 8.13. The summed E-state index contributed by atoms with van der Waals surface area (Å²) in [6.45, 7) is 9.48. The molecule has 1 saturated heterocycles. The molecule has 1 aliphatic heterocycles. The van der Waals surface area contributed by atoms with Crippen LogP contribution < -0.4 is 15.1 Å². The molecular weight excluding hydrogens is 345 g/mol. The summed E-state index contributed by atoms with van der Waals surface area (Å²) >= 11 is 0. The number of hydrogen-bond acceptors (Lipinski definition) is 3. The van der Waals surface area contributed by atoms with Gasteiger partial charge < -0.3 is 19.5 Å². The van der Waals surface area contributed by atoms with E-state index in [0.717, 1.165) is 31.9 Å². The van der Waals surface area contributed by atoms with Crippen molar-refractivity contribution >= 4 is 11.6 Å². The molecule has 5 nitrogen and oxygen atoms in total. The fraction of sp³-hybridized carbons (Fsp3) is 0.476. The highest BCUT2D eigenvalue weighted by Gasteiger charge is 2.32. The zero-order chi connectivity index (χ0) is 19.4. The average molecular weight is 374 g/mol. The molecule has 0 spiro atoms. The van der Waals surface area contributed by atoms with Gasteiger partial charge in [0.25, 0.3) is 0 Å². The molecule has 0 saturated carbocycles. The molecule has 146 valence electrons. The van der Waals surface area contributed by atoms with Crippen LogP contribution in [0.1, 0.15) is 32.6 Å². The van der Waals surface area contributed by atoms with Crippen molar-refractivity contribution in [2.24, 2.45) is 5.41 Å². The Morgan fingerprint density at radius 2 is 1.93 bits per heavy atom. The van der Waals surface area contributed by atoms with E-state index in [-0.39, 0.29) is 17.8 Å². The molecule has 0 aliphatic carbocycles. The first-order chi connectivity index (χ1) is 12.9. The Labute approximate surface area is 160 Å². The van der Waals surface area contributed by atoms with E-state index in [4.69, 9.17) is 4.42 Å². The lowest BCUT2D eigenvalue weighted by Crippen LogP contribution is -3.15. The predicted octanol–water partition coefficient (Wildman–Crippen LogP) is 2.03. The van der Waals surface area contributed by atoms with Gasteiger partial charge in [-0.25, -0.2) is 4.39 Å². The van der Waals surface area contributed by atoms with Gasteiger partial charge in [-0.3, -0.25) is 4.79 Å². The van der Waals surface area contributed by atoms with E-state index in [9.17, 15) is 9.18 Å². The van der Waals surface area contributed by atoms with Crippen LogP contribution >= 0.6 is 0 Å². The first-order valence-electron chi connectivity index (χ1n) is 9.52.